The molecule has 1 aliphatic heterocycles. The molecule has 34 heavy (non-hydrogen) atoms. The molecule has 1 aliphatic rings. The number of rotatable bonds is 4. The lowest BCUT2D eigenvalue weighted by atomic mass is 9.40. The van der Waals surface area contributed by atoms with Crippen molar-refractivity contribution in [3.63, 3.8) is 0 Å². The van der Waals surface area contributed by atoms with Gasteiger partial charge in [0.2, 0.25) is 5.88 Å². The summed E-state index contributed by atoms with van der Waals surface area (Å²) < 4.78 is 6.10. The molecule has 6 rings (SSSR count). The smallest absolute Gasteiger partial charge is 0.266 e. The third-order valence-corrected chi connectivity index (χ3v) is 6.50. The first-order valence-corrected chi connectivity index (χ1v) is 11.5. The van der Waals surface area contributed by atoms with E-state index in [1.807, 2.05) is 37.4 Å². The van der Waals surface area contributed by atoms with Gasteiger partial charge < -0.3 is 4.74 Å². The summed E-state index contributed by atoms with van der Waals surface area (Å²) in [7, 11) is 0. The number of fused-ring (bicyclic) bond motifs is 3. The third kappa shape index (κ3) is 3.58. The molecule has 0 unspecified atom stereocenters. The molecule has 3 heterocycles. The molecule has 0 aliphatic carbocycles. The normalized spacial score (nSPS) is 11.8. The van der Waals surface area contributed by atoms with Gasteiger partial charge in [0.1, 0.15) is 5.75 Å². The maximum Gasteiger partial charge on any atom is 0.266 e. The van der Waals surface area contributed by atoms with Gasteiger partial charge in [-0.05, 0) is 72.0 Å². The molecule has 0 fully saturated rings. The van der Waals surface area contributed by atoms with Crippen molar-refractivity contribution in [1.29, 1.82) is 0 Å². The second-order valence-electron chi connectivity index (χ2n) is 8.84. The average molecular weight is 438 g/mol. The van der Waals surface area contributed by atoms with E-state index in [2.05, 4.69) is 78.6 Å². The Morgan fingerprint density at radius 2 is 1.50 bits per heavy atom. The van der Waals surface area contributed by atoms with E-state index in [0.717, 1.165) is 28.0 Å². The Kier molecular flexibility index (Phi) is 4.99. The van der Waals surface area contributed by atoms with Crippen LogP contribution in [-0.2, 0) is 0 Å². The lowest BCUT2D eigenvalue weighted by Gasteiger charge is -2.13. The molecular weight excluding hydrogens is 415 g/mol. The van der Waals surface area contributed by atoms with E-state index in [4.69, 9.17) is 9.72 Å². The summed E-state index contributed by atoms with van der Waals surface area (Å²) in [5.41, 5.74) is 10.8. The van der Waals surface area contributed by atoms with Crippen LogP contribution in [0, 0.1) is 13.8 Å². The van der Waals surface area contributed by atoms with Crippen molar-refractivity contribution in [1.82, 2.24) is 9.97 Å². The molecule has 0 bridgehead atoms. The molecule has 0 saturated carbocycles. The van der Waals surface area contributed by atoms with E-state index >= 15 is 0 Å². The van der Waals surface area contributed by atoms with Gasteiger partial charge in [-0.2, -0.15) is 0 Å². The van der Waals surface area contributed by atoms with Crippen molar-refractivity contribution in [2.75, 3.05) is 0 Å². The molecular formula is C30H23BN2O. The first-order valence-electron chi connectivity index (χ1n) is 11.5. The van der Waals surface area contributed by atoms with Crippen LogP contribution in [0.3, 0.4) is 0 Å². The maximum atomic E-state index is 6.10. The number of ether oxygens (including phenoxy) is 1. The zero-order valence-electron chi connectivity index (χ0n) is 19.2. The Morgan fingerprint density at radius 3 is 2.38 bits per heavy atom. The van der Waals surface area contributed by atoms with Crippen LogP contribution in [0.1, 0.15) is 11.1 Å². The molecule has 0 spiro atoms. The van der Waals surface area contributed by atoms with Gasteiger partial charge >= 0.3 is 0 Å². The SMILES string of the molecule is Cc1ccnc(B2c3ccccc3-c3ccc(-c4cccc(Oc5ncccc5C)c4)cc32)c1. The van der Waals surface area contributed by atoms with E-state index in [0.29, 0.717) is 5.88 Å². The summed E-state index contributed by atoms with van der Waals surface area (Å²) >= 11 is 0. The van der Waals surface area contributed by atoms with Crippen LogP contribution in [0.2, 0.25) is 0 Å². The molecule has 0 atom stereocenters. The van der Waals surface area contributed by atoms with Crippen LogP contribution >= 0.6 is 0 Å². The Labute approximate surface area is 200 Å². The second-order valence-corrected chi connectivity index (χ2v) is 8.84. The lowest BCUT2D eigenvalue weighted by molar-refractivity contribution is 0.459. The minimum Gasteiger partial charge on any atom is -0.439 e. The summed E-state index contributed by atoms with van der Waals surface area (Å²) in [6, 6.07) is 31.8. The predicted molar refractivity (Wildman–Crippen MR) is 140 cm³/mol. The summed E-state index contributed by atoms with van der Waals surface area (Å²) in [6.07, 6.45) is 3.67. The summed E-state index contributed by atoms with van der Waals surface area (Å²) in [4.78, 5) is 9.13. The largest absolute Gasteiger partial charge is 0.439 e. The van der Waals surface area contributed by atoms with Crippen LogP contribution in [0.4, 0.5) is 0 Å². The molecule has 5 aromatic rings. The highest BCUT2D eigenvalue weighted by atomic mass is 16.5. The monoisotopic (exact) mass is 438 g/mol. The molecule has 2 aromatic heterocycles. The van der Waals surface area contributed by atoms with Gasteiger partial charge in [-0.15, -0.1) is 0 Å². The van der Waals surface area contributed by atoms with E-state index in [-0.39, 0.29) is 6.71 Å². The first kappa shape index (κ1) is 20.4. The summed E-state index contributed by atoms with van der Waals surface area (Å²) in [5.74, 6) is 1.41. The van der Waals surface area contributed by atoms with E-state index in [1.54, 1.807) is 6.20 Å². The molecule has 3 aromatic carbocycles. The molecule has 0 N–H and O–H groups in total. The van der Waals surface area contributed by atoms with Gasteiger partial charge in [-0.3, -0.25) is 4.98 Å². The number of pyridine rings is 2. The van der Waals surface area contributed by atoms with Crippen molar-refractivity contribution in [3.8, 4) is 33.9 Å². The van der Waals surface area contributed by atoms with Crippen LogP contribution in [0.25, 0.3) is 22.3 Å². The number of hydrogen-bond acceptors (Lipinski definition) is 3. The van der Waals surface area contributed by atoms with Crippen molar-refractivity contribution >= 4 is 23.2 Å². The van der Waals surface area contributed by atoms with Crippen LogP contribution < -0.4 is 21.3 Å². The topological polar surface area (TPSA) is 35.0 Å². The summed E-state index contributed by atoms with van der Waals surface area (Å²) in [6.45, 7) is 4.25. The fraction of sp³-hybridized carbons (Fsp3) is 0.0667. The Balaban J connectivity index is 1.43. The fourth-order valence-corrected chi connectivity index (χ4v) is 4.85. The highest BCUT2D eigenvalue weighted by Crippen LogP contribution is 2.30. The van der Waals surface area contributed by atoms with E-state index in [9.17, 15) is 0 Å². The van der Waals surface area contributed by atoms with Gasteiger partial charge in [-0.25, -0.2) is 4.98 Å². The zero-order chi connectivity index (χ0) is 23.1. The fourth-order valence-electron chi connectivity index (χ4n) is 4.85. The molecule has 0 amide bonds. The minimum atomic E-state index is 0.127. The van der Waals surface area contributed by atoms with E-state index in [1.165, 1.54) is 27.6 Å². The Morgan fingerprint density at radius 1 is 0.647 bits per heavy atom. The molecule has 3 nitrogen and oxygen atoms in total. The zero-order valence-corrected chi connectivity index (χ0v) is 19.2. The van der Waals surface area contributed by atoms with Gasteiger partial charge in [0, 0.05) is 23.6 Å². The van der Waals surface area contributed by atoms with Crippen molar-refractivity contribution in [3.05, 3.63) is 115 Å². The van der Waals surface area contributed by atoms with Crippen LogP contribution in [0.15, 0.2) is 103 Å². The maximum absolute atomic E-state index is 6.10. The van der Waals surface area contributed by atoms with Gasteiger partial charge in [0.25, 0.3) is 6.71 Å². The highest BCUT2D eigenvalue weighted by molar-refractivity contribution is 6.98. The number of aromatic nitrogens is 2. The van der Waals surface area contributed by atoms with Gasteiger partial charge in [0.05, 0.1) is 0 Å². The van der Waals surface area contributed by atoms with Gasteiger partial charge in [-0.1, -0.05) is 71.6 Å². The summed E-state index contributed by atoms with van der Waals surface area (Å²) in [5, 5.41) is 0. The standard InChI is InChI=1S/C30H23BN2O/c1-20-14-16-32-29(17-20)31-27-11-4-3-10-25(27)26-13-12-23(19-28(26)31)22-8-5-9-24(18-22)34-30-21(2)7-6-15-33-30/h3-19H,1-2H3. The molecule has 0 saturated heterocycles. The molecule has 0 radical (unpaired) electrons. The number of hydrogen-bond donors (Lipinski definition) is 0. The average Bonchev–Trinajstić information content (AvgIpc) is 3.19. The minimum absolute atomic E-state index is 0.127. The van der Waals surface area contributed by atoms with Crippen molar-refractivity contribution in [2.45, 2.75) is 13.8 Å². The van der Waals surface area contributed by atoms with Crippen molar-refractivity contribution in [2.24, 2.45) is 0 Å². The lowest BCUT2D eigenvalue weighted by Crippen LogP contribution is -2.50. The van der Waals surface area contributed by atoms with Crippen LogP contribution in [0.5, 0.6) is 11.6 Å². The van der Waals surface area contributed by atoms with E-state index < -0.39 is 0 Å². The third-order valence-electron chi connectivity index (χ3n) is 6.50. The Bertz CT molecular complexity index is 1530. The number of benzene rings is 3. The molecule has 4 heteroatoms. The van der Waals surface area contributed by atoms with Crippen molar-refractivity contribution < 1.29 is 4.74 Å². The molecule has 162 valence electrons. The second kappa shape index (κ2) is 8.31. The first-order chi connectivity index (χ1) is 16.7. The Hall–Kier alpha value is -4.18. The number of aryl methyl sites for hydroxylation is 2. The quantitative estimate of drug-likeness (QED) is 0.362. The number of nitrogens with zero attached hydrogens (tertiary/aromatic N) is 2. The van der Waals surface area contributed by atoms with Crippen LogP contribution in [-0.4, -0.2) is 16.7 Å². The highest BCUT2D eigenvalue weighted by Gasteiger charge is 2.34. The predicted octanol–water partition coefficient (Wildman–Crippen LogP) is 5.05. The van der Waals surface area contributed by atoms with Gasteiger partial charge in [0.15, 0.2) is 0 Å².